The van der Waals surface area contributed by atoms with Gasteiger partial charge in [-0.05, 0) is 108 Å². The molecule has 0 radical (unpaired) electrons. The summed E-state index contributed by atoms with van der Waals surface area (Å²) in [4.78, 5) is 36.8. The van der Waals surface area contributed by atoms with Crippen molar-refractivity contribution in [1.29, 1.82) is 0 Å². The first-order valence-corrected chi connectivity index (χ1v) is 32.1. The molecule has 4 heterocycles. The Kier molecular flexibility index (Phi) is 31.8. The van der Waals surface area contributed by atoms with E-state index in [-0.39, 0.29) is 72.8 Å². The number of rotatable bonds is 41. The van der Waals surface area contributed by atoms with Gasteiger partial charge in [0.2, 0.25) is 11.8 Å². The number of amides is 2. The molecule has 4 rings (SSSR count). The lowest BCUT2D eigenvalue weighted by molar-refractivity contribution is -0.270. The summed E-state index contributed by atoms with van der Waals surface area (Å²) in [5.74, 6) is 0.433. The highest BCUT2D eigenvalue weighted by Crippen LogP contribution is 2.55. The van der Waals surface area contributed by atoms with E-state index >= 15 is 0 Å². The molecule has 1 aromatic rings. The van der Waals surface area contributed by atoms with Crippen molar-refractivity contribution >= 4 is 47.0 Å². The van der Waals surface area contributed by atoms with E-state index in [1.807, 2.05) is 55.4 Å². The maximum atomic E-state index is 14.6. The fourth-order valence-corrected chi connectivity index (χ4v) is 13.6. The molecule has 3 fully saturated rings. The van der Waals surface area contributed by atoms with Gasteiger partial charge in [0.05, 0.1) is 95.0 Å². The van der Waals surface area contributed by atoms with E-state index in [4.69, 9.17) is 51.5 Å². The molecule has 0 aliphatic carbocycles. The molecule has 0 aromatic carbocycles. The highest BCUT2D eigenvalue weighted by atomic mass is 33.1. The summed E-state index contributed by atoms with van der Waals surface area (Å²) in [5, 5.41) is 43.8. The van der Waals surface area contributed by atoms with Gasteiger partial charge >= 0.3 is 7.82 Å². The molecule has 0 spiro atoms. The van der Waals surface area contributed by atoms with Crippen molar-refractivity contribution in [2.75, 3.05) is 52.0 Å². The second-order valence-electron chi connectivity index (χ2n) is 21.9. The number of nitrogens with one attached hydrogen (secondary N) is 2. The zero-order valence-electron chi connectivity index (χ0n) is 48.7. The second kappa shape index (κ2) is 36.1. The fraction of sp³-hybridized carbons (Fsp3) is 0.906. The lowest BCUT2D eigenvalue weighted by atomic mass is 9.97. The van der Waals surface area contributed by atoms with Crippen LogP contribution < -0.4 is 10.6 Å². The Morgan fingerprint density at radius 1 is 0.835 bits per heavy atom. The standard InChI is InChI=1S/C53H96N5O18PS2/c1-34(2)70-38(7)50-44(30-37(6)72-50)76-77(65,75-39(8)51-43(71-35(3)4)29-36(5)73-51)69-24-14-15-28-78-79-53(10,11)20-19-46(62)54-31-41-32-58(57-56-41)21-25-67-27-26-66-22-16-18-42(61)17-12-13-23-68-52-47(55-40(9)60)49(64)48(63)45(33-59)74-52/h32,34-39,43-45,47-52,59,63-64H,12-31,33H2,1-11H3,(H,54,62)(H,55,60)/t36-,37-,38?,39?,43+,44+,45?,47?,48?,49?,50+,51+,52?,77?/m0/s1. The number of aliphatic hydroxyl groups excluding tert-OH is 3. The molecule has 8 unspecified atom stereocenters. The first-order chi connectivity index (χ1) is 37.5. The van der Waals surface area contributed by atoms with Crippen molar-refractivity contribution in [1.82, 2.24) is 25.6 Å². The predicted octanol–water partition coefficient (Wildman–Crippen LogP) is 6.00. The van der Waals surface area contributed by atoms with Crippen LogP contribution >= 0.6 is 29.4 Å². The summed E-state index contributed by atoms with van der Waals surface area (Å²) in [5.41, 5.74) is 0.640. The van der Waals surface area contributed by atoms with Crippen LogP contribution in [0, 0.1) is 0 Å². The average molecular weight is 1190 g/mol. The van der Waals surface area contributed by atoms with Gasteiger partial charge in [0, 0.05) is 62.7 Å². The van der Waals surface area contributed by atoms with Crippen LogP contribution in [0.3, 0.4) is 0 Å². The van der Waals surface area contributed by atoms with Gasteiger partial charge < -0.3 is 63.8 Å². The summed E-state index contributed by atoms with van der Waals surface area (Å²) in [6.45, 7) is 23.3. The van der Waals surface area contributed by atoms with Gasteiger partial charge in [-0.1, -0.05) is 26.8 Å². The molecule has 1 aromatic heterocycles. The number of aromatic nitrogens is 3. The van der Waals surface area contributed by atoms with Gasteiger partial charge in [-0.25, -0.2) is 9.25 Å². The van der Waals surface area contributed by atoms with Crippen LogP contribution in [0.4, 0.5) is 0 Å². The second-order valence-corrected chi connectivity index (χ2v) is 26.6. The van der Waals surface area contributed by atoms with Gasteiger partial charge in [-0.15, -0.1) is 5.10 Å². The first-order valence-electron chi connectivity index (χ1n) is 28.4. The van der Waals surface area contributed by atoms with Crippen LogP contribution in [-0.2, 0) is 83.5 Å². The van der Waals surface area contributed by atoms with E-state index in [0.29, 0.717) is 103 Å². The monoisotopic (exact) mass is 1190 g/mol. The fourth-order valence-electron chi connectivity index (χ4n) is 9.29. The molecule has 3 saturated heterocycles. The summed E-state index contributed by atoms with van der Waals surface area (Å²) in [6, 6.07) is -1.00. The Morgan fingerprint density at radius 2 is 1.51 bits per heavy atom. The highest BCUT2D eigenvalue weighted by Gasteiger charge is 2.48. The van der Waals surface area contributed by atoms with Crippen LogP contribution in [0.25, 0.3) is 0 Å². The number of carbonyl (C=O) groups excluding carboxylic acids is 3. The number of hydrogen-bond acceptors (Lipinski definition) is 22. The van der Waals surface area contributed by atoms with E-state index in [2.05, 4.69) is 34.8 Å². The van der Waals surface area contributed by atoms with E-state index in [1.165, 1.54) is 6.92 Å². The SMILES string of the molecule is CC(=O)NC1C(OCCCCC(=O)CCCOCCOCCn2cc(CNC(=O)CCC(C)(C)SSCCCCOP(=O)(OC(C)[C@H]3O[C@@H](C)C[C@H]3OC(C)C)O[C@@H]3C[C@H](C)O[C@@H]3C(C)OC(C)C)nn2)OC(CO)C(O)C1O. The average Bonchev–Trinajstić information content (AvgIpc) is 4.12. The Labute approximate surface area is 476 Å². The maximum Gasteiger partial charge on any atom is 0.475 e. The molecule has 3 aliphatic rings. The molecule has 458 valence electrons. The van der Waals surface area contributed by atoms with Crippen molar-refractivity contribution in [3.05, 3.63) is 11.9 Å². The number of ether oxygens (including phenoxy) is 8. The van der Waals surface area contributed by atoms with Crippen LogP contribution in [-0.4, -0.2) is 196 Å². The third-order valence-corrected chi connectivity index (χ3v) is 18.2. The minimum atomic E-state index is -4.11. The van der Waals surface area contributed by atoms with Gasteiger partial charge in [-0.2, -0.15) is 0 Å². The third-order valence-electron chi connectivity index (χ3n) is 13.2. The number of ketones is 1. The number of phosphoric acid groups is 1. The predicted molar refractivity (Wildman–Crippen MR) is 298 cm³/mol. The summed E-state index contributed by atoms with van der Waals surface area (Å²) >= 11 is 0. The van der Waals surface area contributed by atoms with Crippen LogP contribution in [0.5, 0.6) is 0 Å². The Balaban J connectivity index is 1.03. The van der Waals surface area contributed by atoms with Gasteiger partial charge in [0.1, 0.15) is 54.1 Å². The molecular weight excluding hydrogens is 1090 g/mol. The Bertz CT molecular complexity index is 1960. The molecule has 0 bridgehead atoms. The van der Waals surface area contributed by atoms with Crippen LogP contribution in [0.15, 0.2) is 6.20 Å². The van der Waals surface area contributed by atoms with Gasteiger partial charge in [0.25, 0.3) is 0 Å². The number of aliphatic hydroxyl groups is 3. The lowest BCUT2D eigenvalue weighted by Crippen LogP contribution is -2.64. The number of nitrogens with zero attached hydrogens (tertiary/aromatic N) is 3. The number of unbranched alkanes of at least 4 members (excludes halogenated alkanes) is 2. The smallest absolute Gasteiger partial charge is 0.394 e. The molecule has 26 heteroatoms. The van der Waals surface area contributed by atoms with Crippen LogP contribution in [0.1, 0.15) is 152 Å². The van der Waals surface area contributed by atoms with Crippen molar-refractivity contribution in [3.8, 4) is 0 Å². The minimum absolute atomic E-state index is 0.00832. The molecule has 79 heavy (non-hydrogen) atoms. The topological polar surface area (TPSA) is 285 Å². The number of carbonyl (C=O) groups is 3. The number of hydrogen-bond donors (Lipinski definition) is 5. The number of Topliss-reactive ketones (excluding diaryl/α,β-unsaturated/α-hetero) is 1. The van der Waals surface area contributed by atoms with E-state index in [9.17, 15) is 34.3 Å². The first kappa shape index (κ1) is 69.6. The Hall–Kier alpha value is -1.88. The zero-order valence-corrected chi connectivity index (χ0v) is 51.2. The Morgan fingerprint density at radius 3 is 2.19 bits per heavy atom. The molecule has 0 saturated carbocycles. The van der Waals surface area contributed by atoms with Gasteiger partial charge in [-0.3, -0.25) is 28.0 Å². The van der Waals surface area contributed by atoms with Gasteiger partial charge in [0.15, 0.2) is 6.29 Å². The summed E-state index contributed by atoms with van der Waals surface area (Å²) in [7, 11) is -0.636. The van der Waals surface area contributed by atoms with Crippen molar-refractivity contribution < 1.29 is 85.7 Å². The molecule has 23 nitrogen and oxygen atoms in total. The molecule has 14 atom stereocenters. The third kappa shape index (κ3) is 26.3. The molecule has 5 N–H and O–H groups in total. The van der Waals surface area contributed by atoms with Crippen LogP contribution in [0.2, 0.25) is 0 Å². The lowest BCUT2D eigenvalue weighted by Gasteiger charge is -2.42. The van der Waals surface area contributed by atoms with E-state index in [0.717, 1.165) is 12.2 Å². The molecule has 2 amide bonds. The summed E-state index contributed by atoms with van der Waals surface area (Å²) in [6.07, 6.45) is 0.272. The van der Waals surface area contributed by atoms with Crippen molar-refractivity contribution in [2.24, 2.45) is 0 Å². The maximum absolute atomic E-state index is 14.6. The quantitative estimate of drug-likeness (QED) is 0.0285. The van der Waals surface area contributed by atoms with E-state index in [1.54, 1.807) is 32.5 Å². The molecule has 3 aliphatic heterocycles. The minimum Gasteiger partial charge on any atom is -0.394 e. The van der Waals surface area contributed by atoms with Crippen molar-refractivity contribution in [2.45, 2.75) is 256 Å². The number of phosphoric ester groups is 1. The van der Waals surface area contributed by atoms with E-state index < -0.39 is 75.4 Å². The van der Waals surface area contributed by atoms with Crippen molar-refractivity contribution in [3.63, 3.8) is 0 Å². The summed E-state index contributed by atoms with van der Waals surface area (Å²) < 4.78 is 81.8. The largest absolute Gasteiger partial charge is 0.475 e. The highest BCUT2D eigenvalue weighted by molar-refractivity contribution is 8.77. The zero-order chi connectivity index (χ0) is 58.1. The molecular formula is C53H96N5O18PS2. The normalized spacial score (nSPS) is 27.1.